The molecule has 2 unspecified atom stereocenters. The number of aromatic nitrogens is 1. The molecule has 1 aliphatic rings. The number of piperazine rings is 1. The molecule has 0 bridgehead atoms. The van der Waals surface area contributed by atoms with Crippen molar-refractivity contribution in [2.45, 2.75) is 26.7 Å². The molecule has 0 radical (unpaired) electrons. The first kappa shape index (κ1) is 29.7. The Bertz CT molecular complexity index is 1230. The molecule has 2 amide bonds. The van der Waals surface area contributed by atoms with E-state index < -0.39 is 29.7 Å². The van der Waals surface area contributed by atoms with Gasteiger partial charge in [0.2, 0.25) is 0 Å². The fourth-order valence-corrected chi connectivity index (χ4v) is 4.70. The Balaban J connectivity index is 2.41. The van der Waals surface area contributed by atoms with Crippen LogP contribution in [0.4, 0.5) is 0 Å². The number of hydrogen-bond donors (Lipinski definition) is 2. The number of nitrogens with zero attached hydrogens (tertiary/aromatic N) is 4. The van der Waals surface area contributed by atoms with Gasteiger partial charge in [-0.15, -0.1) is 0 Å². The van der Waals surface area contributed by atoms with E-state index in [4.69, 9.17) is 4.74 Å². The molecule has 1 aliphatic heterocycles. The first-order chi connectivity index (χ1) is 18.4. The average Bonchev–Trinajstić information content (AvgIpc) is 3.21. The minimum atomic E-state index is -1.06. The summed E-state index contributed by atoms with van der Waals surface area (Å²) in [4.78, 5) is 57.0. The molecule has 11 nitrogen and oxygen atoms in total. The number of aliphatic carboxylic acids is 2. The molecule has 0 aliphatic carbocycles. The first-order valence-corrected chi connectivity index (χ1v) is 12.9. The number of ether oxygens (including phenoxy) is 1. The van der Waals surface area contributed by atoms with Crippen LogP contribution in [-0.4, -0.2) is 108 Å². The summed E-state index contributed by atoms with van der Waals surface area (Å²) in [5.74, 6) is -4.03. The van der Waals surface area contributed by atoms with Crippen LogP contribution in [0.3, 0.4) is 0 Å². The number of hydrogen-bond acceptors (Lipinski definition) is 6. The van der Waals surface area contributed by atoms with E-state index in [0.29, 0.717) is 48.7 Å². The van der Waals surface area contributed by atoms with E-state index in [0.717, 1.165) is 0 Å². The maximum Gasteiger partial charge on any atom is 0.306 e. The van der Waals surface area contributed by atoms with Gasteiger partial charge in [0, 0.05) is 46.0 Å². The minimum absolute atomic E-state index is 0.0390. The van der Waals surface area contributed by atoms with Gasteiger partial charge in [-0.3, -0.25) is 19.2 Å². The van der Waals surface area contributed by atoms with Crippen molar-refractivity contribution in [1.29, 1.82) is 0 Å². The zero-order valence-electron chi connectivity index (χ0n) is 23.4. The zero-order valence-corrected chi connectivity index (χ0v) is 23.4. The molecule has 2 aromatic rings. The smallest absolute Gasteiger partial charge is 0.306 e. The summed E-state index contributed by atoms with van der Waals surface area (Å²) in [6.07, 6.45) is -0.0826. The van der Waals surface area contributed by atoms with E-state index in [1.165, 1.54) is 25.9 Å². The molecule has 3 rings (SSSR count). The van der Waals surface area contributed by atoms with Crippen molar-refractivity contribution in [3.8, 4) is 11.4 Å². The molecule has 1 aromatic heterocycles. The molecule has 0 saturated carbocycles. The van der Waals surface area contributed by atoms with E-state index in [1.807, 2.05) is 7.05 Å². The highest BCUT2D eigenvalue weighted by atomic mass is 16.5. The summed E-state index contributed by atoms with van der Waals surface area (Å²) >= 11 is 0. The molecular weight excluding hydrogens is 504 g/mol. The van der Waals surface area contributed by atoms with Crippen LogP contribution in [0.1, 0.15) is 46.0 Å². The lowest BCUT2D eigenvalue weighted by molar-refractivity contribution is -0.142. The van der Waals surface area contributed by atoms with Gasteiger partial charge in [0.1, 0.15) is 17.1 Å². The third-order valence-electron chi connectivity index (χ3n) is 7.18. The Kier molecular flexibility index (Phi) is 9.39. The van der Waals surface area contributed by atoms with Crippen molar-refractivity contribution in [2.24, 2.45) is 11.8 Å². The highest BCUT2D eigenvalue weighted by molar-refractivity contribution is 6.02. The van der Waals surface area contributed by atoms with Crippen molar-refractivity contribution in [3.63, 3.8) is 0 Å². The molecule has 2 N–H and O–H groups in total. The summed E-state index contributed by atoms with van der Waals surface area (Å²) in [7, 11) is 6.67. The second-order valence-corrected chi connectivity index (χ2v) is 10.4. The fraction of sp³-hybridized carbons (Fsp3) is 0.500. The Hall–Kier alpha value is -3.86. The Morgan fingerprint density at radius 1 is 0.872 bits per heavy atom. The maximum absolute atomic E-state index is 14.2. The average molecular weight is 543 g/mol. The Morgan fingerprint density at radius 3 is 1.79 bits per heavy atom. The standard InChI is InChI=1S/C28H38N4O7/c1-17(27(35)36)15-21-22(16-18(2)28(37)38)24(26(34)31-13-11-30(5)12-14-31)32(23(21)25(33)29(3)4)19-7-9-20(39-6)10-8-19/h7-10,17-18H,11-16H2,1-6H3,(H,35,36)(H,37,38). The van der Waals surface area contributed by atoms with Gasteiger partial charge < -0.3 is 34.2 Å². The van der Waals surface area contributed by atoms with Crippen molar-refractivity contribution < 1.29 is 34.1 Å². The number of carbonyl (C=O) groups excluding carboxylic acids is 2. The van der Waals surface area contributed by atoms with Gasteiger partial charge in [0.25, 0.3) is 11.8 Å². The quantitative estimate of drug-likeness (QED) is 0.467. The van der Waals surface area contributed by atoms with Gasteiger partial charge >= 0.3 is 11.9 Å². The summed E-state index contributed by atoms with van der Waals surface area (Å²) in [6, 6.07) is 6.87. The lowest BCUT2D eigenvalue weighted by Gasteiger charge is -2.33. The molecule has 212 valence electrons. The normalized spacial score (nSPS) is 15.5. The third kappa shape index (κ3) is 6.42. The highest BCUT2D eigenvalue weighted by Gasteiger charge is 2.36. The fourth-order valence-electron chi connectivity index (χ4n) is 4.70. The molecule has 39 heavy (non-hydrogen) atoms. The summed E-state index contributed by atoms with van der Waals surface area (Å²) in [6.45, 7) is 5.34. The summed E-state index contributed by atoms with van der Waals surface area (Å²) in [5.41, 5.74) is 1.63. The zero-order chi connectivity index (χ0) is 29.0. The Morgan fingerprint density at radius 2 is 1.36 bits per heavy atom. The SMILES string of the molecule is COc1ccc(-n2c(C(=O)N(C)C)c(CC(C)C(=O)O)c(CC(C)C(=O)O)c2C(=O)N2CCN(C)CC2)cc1. The lowest BCUT2D eigenvalue weighted by atomic mass is 9.91. The minimum Gasteiger partial charge on any atom is -0.497 e. The molecule has 2 heterocycles. The van der Waals surface area contributed by atoms with Crippen LogP contribution in [0.5, 0.6) is 5.75 Å². The summed E-state index contributed by atoms with van der Waals surface area (Å²) < 4.78 is 6.88. The van der Waals surface area contributed by atoms with Gasteiger partial charge in [0.15, 0.2) is 0 Å². The van der Waals surface area contributed by atoms with Gasteiger partial charge in [-0.2, -0.15) is 0 Å². The summed E-state index contributed by atoms with van der Waals surface area (Å²) in [5, 5.41) is 19.5. The van der Waals surface area contributed by atoms with Crippen LogP contribution in [-0.2, 0) is 22.4 Å². The number of carbonyl (C=O) groups is 4. The predicted molar refractivity (Wildman–Crippen MR) is 145 cm³/mol. The van der Waals surface area contributed by atoms with Gasteiger partial charge in [-0.05, 0) is 55.3 Å². The molecule has 11 heteroatoms. The lowest BCUT2D eigenvalue weighted by Crippen LogP contribution is -2.47. The number of amides is 2. The molecule has 1 saturated heterocycles. The van der Waals surface area contributed by atoms with E-state index in [-0.39, 0.29) is 30.1 Å². The van der Waals surface area contributed by atoms with E-state index in [9.17, 15) is 29.4 Å². The number of carboxylic acid groups (broad SMARTS) is 2. The number of likely N-dealkylation sites (N-methyl/N-ethyl adjacent to an activating group) is 1. The Labute approximate surface area is 228 Å². The van der Waals surface area contributed by atoms with E-state index >= 15 is 0 Å². The van der Waals surface area contributed by atoms with Crippen molar-refractivity contribution in [3.05, 3.63) is 46.8 Å². The number of benzene rings is 1. The van der Waals surface area contributed by atoms with Gasteiger partial charge in [0.05, 0.1) is 18.9 Å². The largest absolute Gasteiger partial charge is 0.497 e. The second kappa shape index (κ2) is 12.3. The molecular formula is C28H38N4O7. The molecule has 0 spiro atoms. The maximum atomic E-state index is 14.2. The molecule has 2 atom stereocenters. The monoisotopic (exact) mass is 542 g/mol. The van der Waals surface area contributed by atoms with Crippen LogP contribution >= 0.6 is 0 Å². The van der Waals surface area contributed by atoms with Gasteiger partial charge in [-0.25, -0.2) is 0 Å². The number of methoxy groups -OCH3 is 1. The van der Waals surface area contributed by atoms with Crippen LogP contribution in [0, 0.1) is 11.8 Å². The van der Waals surface area contributed by atoms with Gasteiger partial charge in [-0.1, -0.05) is 13.8 Å². The van der Waals surface area contributed by atoms with Crippen LogP contribution in [0.2, 0.25) is 0 Å². The van der Waals surface area contributed by atoms with Crippen molar-refractivity contribution >= 4 is 23.8 Å². The number of carboxylic acids is 2. The third-order valence-corrected chi connectivity index (χ3v) is 7.18. The first-order valence-electron chi connectivity index (χ1n) is 12.9. The topological polar surface area (TPSA) is 133 Å². The van der Waals surface area contributed by atoms with Crippen molar-refractivity contribution in [1.82, 2.24) is 19.3 Å². The highest BCUT2D eigenvalue weighted by Crippen LogP contribution is 2.34. The van der Waals surface area contributed by atoms with E-state index in [1.54, 1.807) is 47.8 Å². The predicted octanol–water partition coefficient (Wildman–Crippen LogP) is 2.10. The second-order valence-electron chi connectivity index (χ2n) is 10.4. The van der Waals surface area contributed by atoms with Crippen LogP contribution < -0.4 is 4.74 Å². The molecule has 1 aromatic carbocycles. The van der Waals surface area contributed by atoms with E-state index in [2.05, 4.69) is 4.90 Å². The van der Waals surface area contributed by atoms with Crippen LogP contribution in [0.15, 0.2) is 24.3 Å². The van der Waals surface area contributed by atoms with Crippen molar-refractivity contribution in [2.75, 3.05) is 54.4 Å². The molecule has 1 fully saturated rings. The van der Waals surface area contributed by atoms with Crippen LogP contribution in [0.25, 0.3) is 5.69 Å². The number of rotatable bonds is 10.